The number of fused-ring (bicyclic) bond motifs is 10. The first-order valence-corrected chi connectivity index (χ1v) is 19.7. The fourth-order valence-corrected chi connectivity index (χ4v) is 9.99. The smallest absolute Gasteiger partial charge is 0.160 e. The van der Waals surface area contributed by atoms with Gasteiger partial charge < -0.3 is 0 Å². The Morgan fingerprint density at radius 3 is 1.95 bits per heavy atom. The molecule has 1 unspecified atom stereocenters. The van der Waals surface area contributed by atoms with Crippen molar-refractivity contribution in [3.63, 3.8) is 0 Å². The molecule has 0 fully saturated rings. The van der Waals surface area contributed by atoms with E-state index in [0.717, 1.165) is 39.2 Å². The van der Waals surface area contributed by atoms with Gasteiger partial charge in [0, 0.05) is 38.9 Å². The van der Waals surface area contributed by atoms with Gasteiger partial charge in [-0.25, -0.2) is 9.97 Å². The molecule has 0 N–H and O–H groups in total. The second-order valence-corrected chi connectivity index (χ2v) is 15.4. The minimum Gasteiger partial charge on any atom is -0.264 e. The van der Waals surface area contributed by atoms with E-state index in [9.17, 15) is 0 Å². The predicted octanol–water partition coefficient (Wildman–Crippen LogP) is 13.0. The quantitative estimate of drug-likeness (QED) is 0.181. The van der Waals surface area contributed by atoms with E-state index >= 15 is 0 Å². The number of benzene rings is 7. The van der Waals surface area contributed by atoms with Gasteiger partial charge in [0.2, 0.25) is 0 Å². The number of rotatable bonds is 4. The summed E-state index contributed by atoms with van der Waals surface area (Å²) in [5, 5.41) is 2.52. The minimum absolute atomic E-state index is 0.590. The third-order valence-corrected chi connectivity index (χ3v) is 12.5. The van der Waals surface area contributed by atoms with E-state index in [1.54, 1.807) is 6.20 Å². The molecule has 2 aliphatic rings. The number of pyridine rings is 1. The zero-order valence-electron chi connectivity index (χ0n) is 30.3. The van der Waals surface area contributed by atoms with Crippen molar-refractivity contribution >= 4 is 34.7 Å². The van der Waals surface area contributed by atoms with Crippen molar-refractivity contribution in [2.24, 2.45) is 0 Å². The highest BCUT2D eigenvalue weighted by molar-refractivity contribution is 7.99. The van der Waals surface area contributed by atoms with Gasteiger partial charge in [-0.1, -0.05) is 176 Å². The second-order valence-electron chi connectivity index (χ2n) is 14.4. The maximum atomic E-state index is 5.34. The van der Waals surface area contributed by atoms with Crippen LogP contribution in [0.15, 0.2) is 198 Å². The molecule has 0 amide bonds. The van der Waals surface area contributed by atoms with Gasteiger partial charge in [-0.15, -0.1) is 0 Å². The van der Waals surface area contributed by atoms with Gasteiger partial charge in [0.15, 0.2) is 5.82 Å². The highest BCUT2D eigenvalue weighted by Crippen LogP contribution is 2.59. The monoisotopic (exact) mass is 731 g/mol. The normalized spacial score (nSPS) is 15.1. The lowest BCUT2D eigenvalue weighted by atomic mass is 9.63. The molecule has 2 aromatic heterocycles. The van der Waals surface area contributed by atoms with Gasteiger partial charge in [0.1, 0.15) is 0 Å². The molecule has 9 aromatic rings. The molecule has 1 aliphatic heterocycles. The summed E-state index contributed by atoms with van der Waals surface area (Å²) in [7, 11) is 0. The van der Waals surface area contributed by atoms with Crippen molar-refractivity contribution < 1.29 is 0 Å². The SMILES string of the molecule is C1=Cc2ccc(-c3cc(-c4ccccc4)nc(-c4ccc(-c5cccnc5)cc4)n3)cc2C2(c3ccccc31)c1ccccc1Sc1c2ccc2ccccc12. The van der Waals surface area contributed by atoms with Crippen molar-refractivity contribution in [1.29, 1.82) is 0 Å². The molecule has 262 valence electrons. The Kier molecular flexibility index (Phi) is 7.64. The van der Waals surface area contributed by atoms with Crippen LogP contribution in [0.25, 0.3) is 68.0 Å². The lowest BCUT2D eigenvalue weighted by Gasteiger charge is -2.43. The van der Waals surface area contributed by atoms with Crippen LogP contribution in [0.1, 0.15) is 33.4 Å². The number of hydrogen-bond acceptors (Lipinski definition) is 4. The fourth-order valence-electron chi connectivity index (χ4n) is 8.67. The van der Waals surface area contributed by atoms with E-state index in [0.29, 0.717) is 5.82 Å². The third kappa shape index (κ3) is 5.18. The summed E-state index contributed by atoms with van der Waals surface area (Å²) in [6.07, 6.45) is 8.28. The van der Waals surface area contributed by atoms with Crippen LogP contribution in [0.5, 0.6) is 0 Å². The van der Waals surface area contributed by atoms with Gasteiger partial charge in [-0.05, 0) is 79.5 Å². The van der Waals surface area contributed by atoms with Crippen LogP contribution in [0, 0.1) is 0 Å². The van der Waals surface area contributed by atoms with Crippen molar-refractivity contribution in [2.75, 3.05) is 0 Å². The van der Waals surface area contributed by atoms with E-state index in [1.165, 1.54) is 53.9 Å². The molecule has 0 saturated carbocycles. The first kappa shape index (κ1) is 32.5. The van der Waals surface area contributed by atoms with Crippen molar-refractivity contribution in [2.45, 2.75) is 15.2 Å². The van der Waals surface area contributed by atoms with Crippen molar-refractivity contribution in [3.05, 3.63) is 222 Å². The zero-order chi connectivity index (χ0) is 37.1. The second kappa shape index (κ2) is 13.2. The van der Waals surface area contributed by atoms with Crippen LogP contribution >= 0.6 is 11.8 Å². The summed E-state index contributed by atoms with van der Waals surface area (Å²) in [5.41, 5.74) is 13.9. The van der Waals surface area contributed by atoms with Gasteiger partial charge in [-0.3, -0.25) is 4.98 Å². The Morgan fingerprint density at radius 1 is 0.429 bits per heavy atom. The van der Waals surface area contributed by atoms with Gasteiger partial charge in [0.05, 0.1) is 16.8 Å². The average Bonchev–Trinajstić information content (AvgIpc) is 3.42. The first-order valence-electron chi connectivity index (χ1n) is 18.9. The lowest BCUT2D eigenvalue weighted by molar-refractivity contribution is 0.704. The minimum atomic E-state index is -0.590. The molecule has 7 aromatic carbocycles. The van der Waals surface area contributed by atoms with Crippen LogP contribution in [0.2, 0.25) is 0 Å². The summed E-state index contributed by atoms with van der Waals surface area (Å²) in [5.74, 6) is 0.685. The number of nitrogens with zero attached hydrogens (tertiary/aromatic N) is 3. The molecule has 0 saturated heterocycles. The highest BCUT2D eigenvalue weighted by atomic mass is 32.2. The molecule has 1 atom stereocenters. The molecule has 4 heteroatoms. The van der Waals surface area contributed by atoms with Crippen LogP contribution in [-0.2, 0) is 5.41 Å². The summed E-state index contributed by atoms with van der Waals surface area (Å²) < 4.78 is 0. The maximum Gasteiger partial charge on any atom is 0.160 e. The standard InChI is InChI=1S/C52H33N3S/c1-2-13-38(14-3-1)47-32-48(55-51(54-47)39-25-20-34(21-26-39)41-15-10-30-53-33-41)40-27-24-37-23-22-36-12-5-7-17-43(36)52(46(37)31-40)44-18-8-9-19-49(44)56-50-42-16-6-4-11-35(42)28-29-45(50)52/h1-33H. The third-order valence-electron chi connectivity index (χ3n) is 11.3. The Labute approximate surface area is 330 Å². The molecule has 1 aliphatic carbocycles. The Hall–Kier alpha value is -6.88. The zero-order valence-corrected chi connectivity index (χ0v) is 31.1. The van der Waals surface area contributed by atoms with Gasteiger partial charge >= 0.3 is 0 Å². The summed E-state index contributed by atoms with van der Waals surface area (Å²) >= 11 is 1.89. The Bertz CT molecular complexity index is 2990. The average molecular weight is 732 g/mol. The van der Waals surface area contributed by atoms with E-state index in [-0.39, 0.29) is 0 Å². The molecular weight excluding hydrogens is 699 g/mol. The van der Waals surface area contributed by atoms with E-state index < -0.39 is 5.41 Å². The summed E-state index contributed by atoms with van der Waals surface area (Å²) in [6.45, 7) is 0. The maximum absolute atomic E-state index is 5.34. The molecular formula is C52H33N3S. The van der Waals surface area contributed by atoms with Crippen molar-refractivity contribution in [3.8, 4) is 45.0 Å². The molecule has 56 heavy (non-hydrogen) atoms. The molecule has 3 nitrogen and oxygen atoms in total. The largest absolute Gasteiger partial charge is 0.264 e. The van der Waals surface area contributed by atoms with Crippen LogP contribution in [0.4, 0.5) is 0 Å². The molecule has 11 rings (SSSR count). The molecule has 1 spiro atoms. The Balaban J connectivity index is 1.17. The fraction of sp³-hybridized carbons (Fsp3) is 0.0192. The summed E-state index contributed by atoms with van der Waals surface area (Å²) in [6, 6.07) is 63.4. The first-order chi connectivity index (χ1) is 27.7. The Morgan fingerprint density at radius 2 is 1.11 bits per heavy atom. The molecule has 0 bridgehead atoms. The summed E-state index contributed by atoms with van der Waals surface area (Å²) in [4.78, 5) is 17.4. The van der Waals surface area contributed by atoms with E-state index in [2.05, 4.69) is 181 Å². The molecule has 0 radical (unpaired) electrons. The lowest BCUT2D eigenvalue weighted by Crippen LogP contribution is -2.35. The predicted molar refractivity (Wildman–Crippen MR) is 230 cm³/mol. The topological polar surface area (TPSA) is 38.7 Å². The van der Waals surface area contributed by atoms with Gasteiger partial charge in [0.25, 0.3) is 0 Å². The van der Waals surface area contributed by atoms with E-state index in [1.807, 2.05) is 30.1 Å². The highest BCUT2D eigenvalue weighted by Gasteiger charge is 2.47. The van der Waals surface area contributed by atoms with Crippen LogP contribution < -0.4 is 0 Å². The van der Waals surface area contributed by atoms with E-state index in [4.69, 9.17) is 9.97 Å². The molecule has 3 heterocycles. The van der Waals surface area contributed by atoms with Gasteiger partial charge in [-0.2, -0.15) is 0 Å². The van der Waals surface area contributed by atoms with Crippen molar-refractivity contribution in [1.82, 2.24) is 15.0 Å². The number of aromatic nitrogens is 3. The van der Waals surface area contributed by atoms with Crippen LogP contribution in [-0.4, -0.2) is 15.0 Å². The number of hydrogen-bond donors (Lipinski definition) is 0. The van der Waals surface area contributed by atoms with Crippen LogP contribution in [0.3, 0.4) is 0 Å².